The van der Waals surface area contributed by atoms with E-state index in [0.29, 0.717) is 11.3 Å². The zero-order valence-electron chi connectivity index (χ0n) is 10.4. The Morgan fingerprint density at radius 3 is 2.20 bits per heavy atom. The fourth-order valence-corrected chi connectivity index (χ4v) is 1.97. The Balaban J connectivity index is 2.12. The van der Waals surface area contributed by atoms with Gasteiger partial charge in [-0.2, -0.15) is 15.0 Å². The molecule has 0 saturated heterocycles. The predicted octanol–water partition coefficient (Wildman–Crippen LogP) is 2.64. The Morgan fingerprint density at radius 1 is 0.900 bits per heavy atom. The molecular weight excluding hydrogens is 257 g/mol. The topological polar surface area (TPSA) is 47.8 Å². The molecule has 5 heteroatoms. The highest BCUT2D eigenvalue weighted by atomic mass is 19.1. The molecule has 0 atom stereocenters. The molecule has 98 valence electrons. The molecule has 0 aliphatic heterocycles. The maximum Gasteiger partial charge on any atom is 0.198 e. The van der Waals surface area contributed by atoms with Gasteiger partial charge < -0.3 is 0 Å². The Hall–Kier alpha value is -2.82. The van der Waals surface area contributed by atoms with Crippen LogP contribution in [0.1, 0.15) is 15.9 Å². The van der Waals surface area contributed by atoms with Gasteiger partial charge in [-0.25, -0.2) is 4.39 Å². The first-order valence-electron chi connectivity index (χ1n) is 6.02. The summed E-state index contributed by atoms with van der Waals surface area (Å²) in [5.41, 5.74) is 0.909. The summed E-state index contributed by atoms with van der Waals surface area (Å²) in [6, 6.07) is 12.8. The lowest BCUT2D eigenvalue weighted by Crippen LogP contribution is -2.10. The molecule has 4 nitrogen and oxygen atoms in total. The van der Waals surface area contributed by atoms with Gasteiger partial charge in [-0.1, -0.05) is 24.3 Å². The van der Waals surface area contributed by atoms with Gasteiger partial charge in [-0.3, -0.25) is 4.79 Å². The number of para-hydroxylation sites is 1. The highest BCUT2D eigenvalue weighted by molar-refractivity contribution is 6.11. The van der Waals surface area contributed by atoms with Crippen LogP contribution in [0.5, 0.6) is 0 Å². The van der Waals surface area contributed by atoms with Crippen LogP contribution < -0.4 is 0 Å². The van der Waals surface area contributed by atoms with Gasteiger partial charge >= 0.3 is 0 Å². The van der Waals surface area contributed by atoms with E-state index in [0.717, 1.165) is 0 Å². The first-order valence-corrected chi connectivity index (χ1v) is 6.02. The van der Waals surface area contributed by atoms with Crippen molar-refractivity contribution in [2.75, 3.05) is 0 Å². The van der Waals surface area contributed by atoms with Crippen molar-refractivity contribution < 1.29 is 9.18 Å². The lowest BCUT2D eigenvalue weighted by Gasteiger charge is -2.08. The van der Waals surface area contributed by atoms with E-state index < -0.39 is 11.6 Å². The molecule has 0 aliphatic carbocycles. The zero-order chi connectivity index (χ0) is 13.9. The van der Waals surface area contributed by atoms with Crippen LogP contribution in [-0.2, 0) is 0 Å². The minimum atomic E-state index is -0.541. The molecule has 0 N–H and O–H groups in total. The summed E-state index contributed by atoms with van der Waals surface area (Å²) < 4.78 is 13.7. The second kappa shape index (κ2) is 5.05. The highest BCUT2D eigenvalue weighted by Crippen LogP contribution is 2.18. The molecule has 3 aromatic rings. The summed E-state index contributed by atoms with van der Waals surface area (Å²) in [6.07, 6.45) is 3.04. The van der Waals surface area contributed by atoms with E-state index >= 15 is 0 Å². The number of aromatic nitrogens is 3. The third kappa shape index (κ3) is 2.09. The normalized spacial score (nSPS) is 10.4. The van der Waals surface area contributed by atoms with Gasteiger partial charge in [0.05, 0.1) is 29.2 Å². The van der Waals surface area contributed by atoms with Crippen LogP contribution in [-0.4, -0.2) is 20.8 Å². The SMILES string of the molecule is O=C(c1ccccc1F)c1ccccc1-n1nccn1. The Labute approximate surface area is 114 Å². The Morgan fingerprint density at radius 2 is 1.50 bits per heavy atom. The number of ketones is 1. The summed E-state index contributed by atoms with van der Waals surface area (Å²) in [6.45, 7) is 0. The van der Waals surface area contributed by atoms with Crippen LogP contribution in [0.4, 0.5) is 4.39 Å². The molecule has 20 heavy (non-hydrogen) atoms. The van der Waals surface area contributed by atoms with Crippen LogP contribution in [0.15, 0.2) is 60.9 Å². The molecule has 0 radical (unpaired) electrons. The van der Waals surface area contributed by atoms with Gasteiger partial charge in [0.1, 0.15) is 5.82 Å². The molecule has 0 unspecified atom stereocenters. The van der Waals surface area contributed by atoms with Crippen LogP contribution in [0, 0.1) is 5.82 Å². The van der Waals surface area contributed by atoms with Crippen LogP contribution >= 0.6 is 0 Å². The number of rotatable bonds is 3. The number of carbonyl (C=O) groups is 1. The lowest BCUT2D eigenvalue weighted by molar-refractivity contribution is 0.103. The summed E-state index contributed by atoms with van der Waals surface area (Å²) >= 11 is 0. The van der Waals surface area contributed by atoms with Crippen molar-refractivity contribution in [1.82, 2.24) is 15.0 Å². The number of hydrogen-bond acceptors (Lipinski definition) is 3. The molecule has 0 fully saturated rings. The van der Waals surface area contributed by atoms with Crippen molar-refractivity contribution in [1.29, 1.82) is 0 Å². The quantitative estimate of drug-likeness (QED) is 0.685. The third-order valence-corrected chi connectivity index (χ3v) is 2.90. The van der Waals surface area contributed by atoms with E-state index in [4.69, 9.17) is 0 Å². The van der Waals surface area contributed by atoms with Crippen LogP contribution in [0.25, 0.3) is 5.69 Å². The Kier molecular flexibility index (Phi) is 3.09. The van der Waals surface area contributed by atoms with Crippen molar-refractivity contribution in [3.05, 3.63) is 77.9 Å². The van der Waals surface area contributed by atoms with E-state index in [1.165, 1.54) is 29.3 Å². The molecule has 0 aliphatic rings. The van der Waals surface area contributed by atoms with E-state index in [1.807, 2.05) is 0 Å². The second-order valence-corrected chi connectivity index (χ2v) is 4.14. The lowest BCUT2D eigenvalue weighted by atomic mass is 10.0. The molecule has 1 heterocycles. The molecule has 0 amide bonds. The molecule has 0 saturated carbocycles. The van der Waals surface area contributed by atoms with E-state index in [-0.39, 0.29) is 5.56 Å². The maximum absolute atomic E-state index is 13.7. The standard InChI is InChI=1S/C15H10FN3O/c16-13-7-3-1-5-11(13)15(20)12-6-2-4-8-14(12)19-17-9-10-18-19/h1-10H. The van der Waals surface area contributed by atoms with Gasteiger partial charge in [0.2, 0.25) is 0 Å². The second-order valence-electron chi connectivity index (χ2n) is 4.14. The van der Waals surface area contributed by atoms with Crippen molar-refractivity contribution in [3.8, 4) is 5.69 Å². The predicted molar refractivity (Wildman–Crippen MR) is 71.2 cm³/mol. The first-order chi connectivity index (χ1) is 9.77. The van der Waals surface area contributed by atoms with Crippen LogP contribution in [0.3, 0.4) is 0 Å². The summed E-state index contributed by atoms with van der Waals surface area (Å²) in [7, 11) is 0. The molecule has 0 spiro atoms. The van der Waals surface area contributed by atoms with Crippen LogP contribution in [0.2, 0.25) is 0 Å². The third-order valence-electron chi connectivity index (χ3n) is 2.90. The minimum absolute atomic E-state index is 0.0344. The van der Waals surface area contributed by atoms with E-state index in [1.54, 1.807) is 36.4 Å². The van der Waals surface area contributed by atoms with Crippen molar-refractivity contribution in [3.63, 3.8) is 0 Å². The average molecular weight is 267 g/mol. The monoisotopic (exact) mass is 267 g/mol. The number of nitrogens with zero attached hydrogens (tertiary/aromatic N) is 3. The largest absolute Gasteiger partial charge is 0.288 e. The summed E-state index contributed by atoms with van der Waals surface area (Å²) in [5.74, 6) is -0.934. The van der Waals surface area contributed by atoms with Gasteiger partial charge in [-0.05, 0) is 24.3 Å². The molecule has 0 bridgehead atoms. The smallest absolute Gasteiger partial charge is 0.198 e. The van der Waals surface area contributed by atoms with E-state index in [9.17, 15) is 9.18 Å². The fourth-order valence-electron chi connectivity index (χ4n) is 1.97. The zero-order valence-corrected chi connectivity index (χ0v) is 10.4. The van der Waals surface area contributed by atoms with Gasteiger partial charge in [0, 0.05) is 0 Å². The van der Waals surface area contributed by atoms with Crippen molar-refractivity contribution >= 4 is 5.78 Å². The van der Waals surface area contributed by atoms with Gasteiger partial charge in [0.25, 0.3) is 0 Å². The number of halogens is 1. The van der Waals surface area contributed by atoms with E-state index in [2.05, 4.69) is 10.2 Å². The fraction of sp³-hybridized carbons (Fsp3) is 0. The first kappa shape index (κ1) is 12.2. The highest BCUT2D eigenvalue weighted by Gasteiger charge is 2.17. The van der Waals surface area contributed by atoms with Crippen molar-refractivity contribution in [2.24, 2.45) is 0 Å². The van der Waals surface area contributed by atoms with Gasteiger partial charge in [0.15, 0.2) is 5.78 Å². The van der Waals surface area contributed by atoms with Gasteiger partial charge in [-0.15, -0.1) is 0 Å². The molecule has 2 aromatic carbocycles. The number of hydrogen-bond donors (Lipinski definition) is 0. The summed E-state index contributed by atoms with van der Waals surface area (Å²) in [5, 5.41) is 8.01. The maximum atomic E-state index is 13.7. The molecule has 3 rings (SSSR count). The minimum Gasteiger partial charge on any atom is -0.288 e. The Bertz CT molecular complexity index is 753. The average Bonchev–Trinajstić information content (AvgIpc) is 3.01. The number of benzene rings is 2. The molecule has 1 aromatic heterocycles. The van der Waals surface area contributed by atoms with Crippen molar-refractivity contribution in [2.45, 2.75) is 0 Å². The summed E-state index contributed by atoms with van der Waals surface area (Å²) in [4.78, 5) is 13.8. The number of carbonyl (C=O) groups excluding carboxylic acids is 1. The molecular formula is C15H10FN3O.